The Labute approximate surface area is 112 Å². The molecule has 1 rings (SSSR count). The number of hydrogen-bond acceptors (Lipinski definition) is 1. The molecular formula is C17H28O. The SMILES string of the molecule is CC(C)=C1CC(=C(C)C)C(=O)CC(CC(C)C)C1. The van der Waals surface area contributed by atoms with Crippen LogP contribution in [0.3, 0.4) is 0 Å². The molecule has 0 aromatic rings. The third-order valence-electron chi connectivity index (χ3n) is 3.85. The molecule has 0 aromatic carbocycles. The van der Waals surface area contributed by atoms with Crippen molar-refractivity contribution in [1.29, 1.82) is 0 Å². The predicted octanol–water partition coefficient (Wildman–Crippen LogP) is 5.07. The summed E-state index contributed by atoms with van der Waals surface area (Å²) in [6.07, 6.45) is 3.91. The first-order valence-corrected chi connectivity index (χ1v) is 7.16. The molecule has 1 heteroatoms. The van der Waals surface area contributed by atoms with Gasteiger partial charge in [0.05, 0.1) is 0 Å². The van der Waals surface area contributed by atoms with Crippen molar-refractivity contribution in [2.24, 2.45) is 11.8 Å². The van der Waals surface area contributed by atoms with E-state index in [1.165, 1.54) is 23.1 Å². The molecule has 18 heavy (non-hydrogen) atoms. The molecule has 1 atom stereocenters. The molecule has 0 radical (unpaired) electrons. The Kier molecular flexibility index (Phi) is 5.37. The van der Waals surface area contributed by atoms with E-state index in [2.05, 4.69) is 41.5 Å². The third-order valence-corrected chi connectivity index (χ3v) is 3.85. The van der Waals surface area contributed by atoms with Crippen LogP contribution in [-0.2, 0) is 4.79 Å². The van der Waals surface area contributed by atoms with E-state index >= 15 is 0 Å². The van der Waals surface area contributed by atoms with Crippen LogP contribution in [0.15, 0.2) is 22.3 Å². The van der Waals surface area contributed by atoms with Crippen molar-refractivity contribution >= 4 is 5.78 Å². The van der Waals surface area contributed by atoms with Gasteiger partial charge in [0.1, 0.15) is 0 Å². The highest BCUT2D eigenvalue weighted by atomic mass is 16.1. The van der Waals surface area contributed by atoms with Gasteiger partial charge in [0.25, 0.3) is 0 Å². The van der Waals surface area contributed by atoms with E-state index in [4.69, 9.17) is 0 Å². The molecule has 0 amide bonds. The van der Waals surface area contributed by atoms with E-state index in [-0.39, 0.29) is 0 Å². The zero-order chi connectivity index (χ0) is 13.9. The summed E-state index contributed by atoms with van der Waals surface area (Å²) < 4.78 is 0. The third kappa shape index (κ3) is 4.12. The van der Waals surface area contributed by atoms with Gasteiger partial charge in [0, 0.05) is 6.42 Å². The fourth-order valence-electron chi connectivity index (χ4n) is 2.86. The maximum atomic E-state index is 12.3. The van der Waals surface area contributed by atoms with Crippen molar-refractivity contribution in [2.45, 2.75) is 67.2 Å². The van der Waals surface area contributed by atoms with Crippen LogP contribution in [0.25, 0.3) is 0 Å². The second-order valence-electron chi connectivity index (χ2n) is 6.59. The Balaban J connectivity index is 3.03. The quantitative estimate of drug-likeness (QED) is 0.378. The van der Waals surface area contributed by atoms with E-state index in [1.807, 2.05) is 0 Å². The highest BCUT2D eigenvalue weighted by molar-refractivity contribution is 5.97. The lowest BCUT2D eigenvalue weighted by molar-refractivity contribution is -0.116. The van der Waals surface area contributed by atoms with Crippen molar-refractivity contribution < 1.29 is 4.79 Å². The van der Waals surface area contributed by atoms with Crippen LogP contribution < -0.4 is 0 Å². The number of allylic oxidation sites excluding steroid dienone is 4. The molecule has 0 aromatic heterocycles. The van der Waals surface area contributed by atoms with Gasteiger partial charge in [0.15, 0.2) is 5.78 Å². The number of hydrogen-bond donors (Lipinski definition) is 0. The molecule has 1 nitrogen and oxygen atoms in total. The van der Waals surface area contributed by atoms with E-state index in [9.17, 15) is 4.79 Å². The van der Waals surface area contributed by atoms with Crippen LogP contribution in [0, 0.1) is 11.8 Å². The minimum atomic E-state index is 0.386. The summed E-state index contributed by atoms with van der Waals surface area (Å²) in [5, 5.41) is 0. The summed E-state index contributed by atoms with van der Waals surface area (Å²) in [6.45, 7) is 13.0. The van der Waals surface area contributed by atoms with Crippen LogP contribution in [-0.4, -0.2) is 5.78 Å². The largest absolute Gasteiger partial charge is 0.295 e. The molecule has 0 N–H and O–H groups in total. The number of Topliss-reactive ketones (excluding diaryl/α,β-unsaturated/α-hetero) is 1. The second-order valence-corrected chi connectivity index (χ2v) is 6.59. The highest BCUT2D eigenvalue weighted by Gasteiger charge is 2.25. The van der Waals surface area contributed by atoms with Crippen LogP contribution in [0.1, 0.15) is 67.2 Å². The molecule has 0 saturated heterocycles. The van der Waals surface area contributed by atoms with Crippen molar-refractivity contribution in [3.63, 3.8) is 0 Å². The molecule has 1 aliphatic rings. The van der Waals surface area contributed by atoms with Gasteiger partial charge in [-0.15, -0.1) is 0 Å². The van der Waals surface area contributed by atoms with Crippen molar-refractivity contribution in [2.75, 3.05) is 0 Å². The summed E-state index contributed by atoms with van der Waals surface area (Å²) >= 11 is 0. The van der Waals surface area contributed by atoms with E-state index in [1.54, 1.807) is 0 Å². The molecule has 0 bridgehead atoms. The zero-order valence-electron chi connectivity index (χ0n) is 12.9. The van der Waals surface area contributed by atoms with E-state index in [0.717, 1.165) is 24.8 Å². The summed E-state index contributed by atoms with van der Waals surface area (Å²) in [7, 11) is 0. The number of carbonyl (C=O) groups is 1. The second kappa shape index (κ2) is 6.36. The van der Waals surface area contributed by atoms with E-state index in [0.29, 0.717) is 17.6 Å². The van der Waals surface area contributed by atoms with Gasteiger partial charge in [-0.2, -0.15) is 0 Å². The Morgan fingerprint density at radius 1 is 1.11 bits per heavy atom. The highest BCUT2D eigenvalue weighted by Crippen LogP contribution is 2.34. The Hall–Kier alpha value is -0.850. The summed E-state index contributed by atoms with van der Waals surface area (Å²) in [5.74, 6) is 1.60. The predicted molar refractivity (Wildman–Crippen MR) is 78.6 cm³/mol. The topological polar surface area (TPSA) is 17.1 Å². The van der Waals surface area contributed by atoms with Gasteiger partial charge in [0.2, 0.25) is 0 Å². The average Bonchev–Trinajstić information content (AvgIpc) is 2.36. The van der Waals surface area contributed by atoms with Crippen LogP contribution in [0.2, 0.25) is 0 Å². The normalized spacial score (nSPS) is 21.3. The minimum absolute atomic E-state index is 0.386. The molecule has 1 unspecified atom stereocenters. The average molecular weight is 248 g/mol. The lowest BCUT2D eigenvalue weighted by atomic mass is 9.88. The van der Waals surface area contributed by atoms with Crippen LogP contribution in [0.5, 0.6) is 0 Å². The molecule has 1 fully saturated rings. The molecule has 1 saturated carbocycles. The number of carbonyl (C=O) groups excluding carboxylic acids is 1. The molecule has 1 aliphatic carbocycles. The lowest BCUT2D eigenvalue weighted by Crippen LogP contribution is -2.10. The van der Waals surface area contributed by atoms with Crippen molar-refractivity contribution in [3.8, 4) is 0 Å². The smallest absolute Gasteiger partial charge is 0.159 e. The number of rotatable bonds is 2. The lowest BCUT2D eigenvalue weighted by Gasteiger charge is -2.17. The molecule has 0 spiro atoms. The maximum Gasteiger partial charge on any atom is 0.159 e. The molecule has 0 heterocycles. The Bertz CT molecular complexity index is 374. The first-order chi connectivity index (χ1) is 8.31. The van der Waals surface area contributed by atoms with Crippen LogP contribution >= 0.6 is 0 Å². The first kappa shape index (κ1) is 15.2. The molecule has 102 valence electrons. The van der Waals surface area contributed by atoms with Crippen molar-refractivity contribution in [1.82, 2.24) is 0 Å². The van der Waals surface area contributed by atoms with E-state index < -0.39 is 0 Å². The van der Waals surface area contributed by atoms with Gasteiger partial charge in [-0.1, -0.05) is 30.6 Å². The van der Waals surface area contributed by atoms with Crippen molar-refractivity contribution in [3.05, 3.63) is 22.3 Å². The molecular weight excluding hydrogens is 220 g/mol. The summed E-state index contributed by atoms with van der Waals surface area (Å²) in [6, 6.07) is 0. The minimum Gasteiger partial charge on any atom is -0.295 e. The summed E-state index contributed by atoms with van der Waals surface area (Å²) in [5.41, 5.74) is 5.15. The monoisotopic (exact) mass is 248 g/mol. The molecule has 0 aliphatic heterocycles. The summed E-state index contributed by atoms with van der Waals surface area (Å²) in [4.78, 5) is 12.3. The Morgan fingerprint density at radius 3 is 2.17 bits per heavy atom. The van der Waals surface area contributed by atoms with Crippen LogP contribution in [0.4, 0.5) is 0 Å². The Morgan fingerprint density at radius 2 is 1.72 bits per heavy atom. The van der Waals surface area contributed by atoms with Gasteiger partial charge >= 0.3 is 0 Å². The van der Waals surface area contributed by atoms with Gasteiger partial charge in [-0.25, -0.2) is 0 Å². The standard InChI is InChI=1S/C17H28O/c1-11(2)7-14-8-15(12(3)4)10-16(13(5)6)17(18)9-14/h11,14H,7-10H2,1-6H3. The zero-order valence-corrected chi connectivity index (χ0v) is 12.9. The maximum absolute atomic E-state index is 12.3. The van der Waals surface area contributed by atoms with Gasteiger partial charge in [-0.3, -0.25) is 4.79 Å². The number of ketones is 1. The fourth-order valence-corrected chi connectivity index (χ4v) is 2.86. The first-order valence-electron chi connectivity index (χ1n) is 7.16. The van der Waals surface area contributed by atoms with Gasteiger partial charge < -0.3 is 0 Å². The fraction of sp³-hybridized carbons (Fsp3) is 0.706. The van der Waals surface area contributed by atoms with Gasteiger partial charge in [-0.05, 0) is 64.4 Å².